The molecule has 0 spiro atoms. The predicted octanol–water partition coefficient (Wildman–Crippen LogP) is 1.90. The largest absolute Gasteiger partial charge is 0.468 e. The Kier molecular flexibility index (Phi) is 3.83. The van der Waals surface area contributed by atoms with Crippen LogP contribution in [0.15, 0.2) is 28.7 Å². The second kappa shape index (κ2) is 4.91. The van der Waals surface area contributed by atoms with Crippen molar-refractivity contribution >= 4 is 28.2 Å². The molecule has 0 aliphatic rings. The number of esters is 1. The van der Waals surface area contributed by atoms with Gasteiger partial charge in [0.25, 0.3) is 0 Å². The topological polar surface area (TPSA) is 43.4 Å². The van der Waals surface area contributed by atoms with E-state index in [4.69, 9.17) is 0 Å². The van der Waals surface area contributed by atoms with Gasteiger partial charge in [0.2, 0.25) is 0 Å². The van der Waals surface area contributed by atoms with Crippen LogP contribution < -0.4 is 0 Å². The Morgan fingerprint density at radius 2 is 2.29 bits per heavy atom. The van der Waals surface area contributed by atoms with Gasteiger partial charge in [-0.3, -0.25) is 4.79 Å². The summed E-state index contributed by atoms with van der Waals surface area (Å²) in [6, 6.07) is 7.01. The summed E-state index contributed by atoms with van der Waals surface area (Å²) in [5.74, 6) is -1.38. The molecule has 0 bridgehead atoms. The number of carbonyl (C=O) groups excluding carboxylic acids is 2. The number of methoxy groups -OCH3 is 1. The van der Waals surface area contributed by atoms with Crippen LogP contribution in [-0.4, -0.2) is 19.4 Å². The minimum Gasteiger partial charge on any atom is -0.468 e. The standard InChI is InChI=1S/C10H9BrO3/c1-14-10(13)9(6-12)7-3-2-4-8(11)5-7/h2-6,9H,1H3. The number of benzene rings is 1. The fraction of sp³-hybridized carbons (Fsp3) is 0.200. The van der Waals surface area contributed by atoms with Crippen LogP contribution in [0.1, 0.15) is 11.5 Å². The molecular formula is C10H9BrO3. The van der Waals surface area contributed by atoms with E-state index in [-0.39, 0.29) is 0 Å². The molecule has 0 aliphatic carbocycles. The first-order valence-corrected chi connectivity index (χ1v) is 4.77. The zero-order chi connectivity index (χ0) is 10.6. The third-order valence-corrected chi connectivity index (χ3v) is 2.29. The highest BCUT2D eigenvalue weighted by Crippen LogP contribution is 2.19. The first-order chi connectivity index (χ1) is 6.69. The Morgan fingerprint density at radius 1 is 1.57 bits per heavy atom. The highest BCUT2D eigenvalue weighted by atomic mass is 79.9. The second-order valence-electron chi connectivity index (χ2n) is 2.69. The van der Waals surface area contributed by atoms with Gasteiger partial charge in [-0.25, -0.2) is 0 Å². The summed E-state index contributed by atoms with van der Waals surface area (Å²) < 4.78 is 5.34. The minimum atomic E-state index is -0.836. The fourth-order valence-corrected chi connectivity index (χ4v) is 1.51. The van der Waals surface area contributed by atoms with Gasteiger partial charge in [-0.2, -0.15) is 0 Å². The maximum Gasteiger partial charge on any atom is 0.320 e. The third kappa shape index (κ3) is 2.42. The van der Waals surface area contributed by atoms with Gasteiger partial charge in [-0.1, -0.05) is 28.1 Å². The SMILES string of the molecule is COC(=O)C(C=O)c1cccc(Br)c1. The number of hydrogen-bond acceptors (Lipinski definition) is 3. The lowest BCUT2D eigenvalue weighted by molar-refractivity contribution is -0.143. The number of hydrogen-bond donors (Lipinski definition) is 0. The molecule has 1 aromatic carbocycles. The number of aldehydes is 1. The maximum atomic E-state index is 11.2. The van der Waals surface area contributed by atoms with E-state index >= 15 is 0 Å². The van der Waals surface area contributed by atoms with Gasteiger partial charge in [-0.15, -0.1) is 0 Å². The molecular weight excluding hydrogens is 248 g/mol. The van der Waals surface area contributed by atoms with Crippen molar-refractivity contribution in [3.63, 3.8) is 0 Å². The molecule has 14 heavy (non-hydrogen) atoms. The summed E-state index contributed by atoms with van der Waals surface area (Å²) in [4.78, 5) is 21.9. The molecule has 0 aliphatic heterocycles. The molecule has 0 heterocycles. The number of rotatable bonds is 3. The van der Waals surface area contributed by atoms with E-state index < -0.39 is 11.9 Å². The summed E-state index contributed by atoms with van der Waals surface area (Å²) in [5, 5.41) is 0. The van der Waals surface area contributed by atoms with Gasteiger partial charge in [0.1, 0.15) is 12.2 Å². The molecule has 1 unspecified atom stereocenters. The van der Waals surface area contributed by atoms with E-state index in [0.717, 1.165) is 4.47 Å². The Labute approximate surface area is 90.2 Å². The lowest BCUT2D eigenvalue weighted by Gasteiger charge is -2.07. The van der Waals surface area contributed by atoms with Crippen LogP contribution in [0.3, 0.4) is 0 Å². The molecule has 0 saturated carbocycles. The van der Waals surface area contributed by atoms with Gasteiger partial charge >= 0.3 is 5.97 Å². The van der Waals surface area contributed by atoms with E-state index in [1.807, 2.05) is 6.07 Å². The predicted molar refractivity (Wildman–Crippen MR) is 55.0 cm³/mol. The Balaban J connectivity index is 3.00. The minimum absolute atomic E-state index is 0.543. The lowest BCUT2D eigenvalue weighted by atomic mass is 10.0. The molecule has 4 heteroatoms. The number of ether oxygens (including phenoxy) is 1. The number of carbonyl (C=O) groups is 2. The summed E-state index contributed by atoms with van der Waals surface area (Å²) in [7, 11) is 1.26. The van der Waals surface area contributed by atoms with Crippen molar-refractivity contribution in [2.24, 2.45) is 0 Å². The summed E-state index contributed by atoms with van der Waals surface area (Å²) in [6.07, 6.45) is 0.577. The van der Waals surface area contributed by atoms with Gasteiger partial charge in [0.15, 0.2) is 0 Å². The van der Waals surface area contributed by atoms with Crippen LogP contribution in [0.4, 0.5) is 0 Å². The van der Waals surface area contributed by atoms with E-state index in [1.54, 1.807) is 18.2 Å². The molecule has 74 valence electrons. The van der Waals surface area contributed by atoms with Crippen molar-refractivity contribution in [1.82, 2.24) is 0 Å². The van der Waals surface area contributed by atoms with Crippen molar-refractivity contribution in [2.75, 3.05) is 7.11 Å². The first kappa shape index (κ1) is 10.9. The van der Waals surface area contributed by atoms with Crippen LogP contribution >= 0.6 is 15.9 Å². The molecule has 0 aromatic heterocycles. The molecule has 0 N–H and O–H groups in total. The van der Waals surface area contributed by atoms with Crippen molar-refractivity contribution in [1.29, 1.82) is 0 Å². The average Bonchev–Trinajstić information content (AvgIpc) is 2.19. The van der Waals surface area contributed by atoms with Crippen molar-refractivity contribution in [2.45, 2.75) is 5.92 Å². The van der Waals surface area contributed by atoms with Crippen LogP contribution in [0, 0.1) is 0 Å². The van der Waals surface area contributed by atoms with Crippen molar-refractivity contribution < 1.29 is 14.3 Å². The summed E-state index contributed by atoms with van der Waals surface area (Å²) in [5.41, 5.74) is 0.626. The molecule has 0 radical (unpaired) electrons. The Bertz CT molecular complexity index is 349. The van der Waals surface area contributed by atoms with Gasteiger partial charge in [0.05, 0.1) is 7.11 Å². The molecule has 1 aromatic rings. The first-order valence-electron chi connectivity index (χ1n) is 3.97. The van der Waals surface area contributed by atoms with Crippen LogP contribution in [0.5, 0.6) is 0 Å². The quantitative estimate of drug-likeness (QED) is 0.472. The summed E-state index contributed by atoms with van der Waals surface area (Å²) >= 11 is 3.26. The second-order valence-corrected chi connectivity index (χ2v) is 3.61. The fourth-order valence-electron chi connectivity index (χ4n) is 1.10. The monoisotopic (exact) mass is 256 g/mol. The van der Waals surface area contributed by atoms with Crippen molar-refractivity contribution in [3.05, 3.63) is 34.3 Å². The van der Waals surface area contributed by atoms with E-state index in [9.17, 15) is 9.59 Å². The molecule has 0 saturated heterocycles. The van der Waals surface area contributed by atoms with Crippen LogP contribution in [0.2, 0.25) is 0 Å². The normalized spacial score (nSPS) is 11.9. The Hall–Kier alpha value is -1.16. The van der Waals surface area contributed by atoms with E-state index in [2.05, 4.69) is 20.7 Å². The zero-order valence-corrected chi connectivity index (χ0v) is 9.15. The van der Waals surface area contributed by atoms with Crippen LogP contribution in [-0.2, 0) is 14.3 Å². The Morgan fingerprint density at radius 3 is 2.79 bits per heavy atom. The van der Waals surface area contributed by atoms with Gasteiger partial charge in [0, 0.05) is 4.47 Å². The lowest BCUT2D eigenvalue weighted by Crippen LogP contribution is -2.15. The zero-order valence-electron chi connectivity index (χ0n) is 7.57. The molecule has 1 atom stereocenters. The highest BCUT2D eigenvalue weighted by molar-refractivity contribution is 9.10. The van der Waals surface area contributed by atoms with Gasteiger partial charge in [-0.05, 0) is 17.7 Å². The maximum absolute atomic E-state index is 11.2. The van der Waals surface area contributed by atoms with E-state index in [0.29, 0.717) is 11.8 Å². The third-order valence-electron chi connectivity index (χ3n) is 1.80. The van der Waals surface area contributed by atoms with E-state index in [1.165, 1.54) is 7.11 Å². The molecule has 3 nitrogen and oxygen atoms in total. The average molecular weight is 257 g/mol. The van der Waals surface area contributed by atoms with Crippen LogP contribution in [0.25, 0.3) is 0 Å². The molecule has 0 fully saturated rings. The van der Waals surface area contributed by atoms with Crippen molar-refractivity contribution in [3.8, 4) is 0 Å². The highest BCUT2D eigenvalue weighted by Gasteiger charge is 2.20. The molecule has 0 amide bonds. The summed E-state index contributed by atoms with van der Waals surface area (Å²) in [6.45, 7) is 0. The number of halogens is 1. The van der Waals surface area contributed by atoms with Gasteiger partial charge < -0.3 is 9.53 Å². The molecule has 1 rings (SSSR count). The smallest absolute Gasteiger partial charge is 0.320 e.